The summed E-state index contributed by atoms with van der Waals surface area (Å²) in [5.74, 6) is -0.642. The van der Waals surface area contributed by atoms with E-state index in [9.17, 15) is 14.7 Å². The number of oxazole rings is 1. The van der Waals surface area contributed by atoms with Crippen molar-refractivity contribution in [2.45, 2.75) is 51.1 Å². The van der Waals surface area contributed by atoms with Gasteiger partial charge in [-0.25, -0.2) is 4.98 Å². The molecule has 3 heterocycles. The Bertz CT molecular complexity index is 602. The van der Waals surface area contributed by atoms with E-state index in [1.54, 1.807) is 6.26 Å². The van der Waals surface area contributed by atoms with Crippen LogP contribution >= 0.6 is 0 Å². The molecule has 2 aliphatic rings. The van der Waals surface area contributed by atoms with Gasteiger partial charge >= 0.3 is 5.97 Å². The molecule has 0 bridgehead atoms. The zero-order chi connectivity index (χ0) is 16.6. The summed E-state index contributed by atoms with van der Waals surface area (Å²) in [4.78, 5) is 29.8. The van der Waals surface area contributed by atoms with Crippen LogP contribution in [-0.4, -0.2) is 45.5 Å². The highest BCUT2D eigenvalue weighted by Crippen LogP contribution is 2.37. The van der Waals surface area contributed by atoms with E-state index in [0.29, 0.717) is 19.4 Å². The van der Waals surface area contributed by atoms with E-state index in [-0.39, 0.29) is 18.2 Å². The van der Waals surface area contributed by atoms with Crippen molar-refractivity contribution >= 4 is 11.9 Å². The summed E-state index contributed by atoms with van der Waals surface area (Å²) in [5, 5.41) is 12.3. The van der Waals surface area contributed by atoms with E-state index in [1.165, 1.54) is 0 Å². The maximum absolute atomic E-state index is 11.7. The Morgan fingerprint density at radius 2 is 2.22 bits per heavy atom. The molecule has 1 amide bonds. The van der Waals surface area contributed by atoms with Gasteiger partial charge in [0, 0.05) is 32.0 Å². The largest absolute Gasteiger partial charge is 0.481 e. The van der Waals surface area contributed by atoms with Crippen LogP contribution in [-0.2, 0) is 16.1 Å². The molecule has 2 saturated heterocycles. The second-order valence-corrected chi connectivity index (χ2v) is 6.91. The first-order chi connectivity index (χ1) is 10.9. The number of aliphatic carboxylic acids is 1. The molecule has 126 valence electrons. The van der Waals surface area contributed by atoms with Gasteiger partial charge < -0.3 is 14.8 Å². The first-order valence-corrected chi connectivity index (χ1v) is 8.10. The predicted molar refractivity (Wildman–Crippen MR) is 81.7 cm³/mol. The molecule has 1 atom stereocenters. The molecule has 1 aromatic rings. The van der Waals surface area contributed by atoms with Gasteiger partial charge in [0.2, 0.25) is 5.91 Å². The fourth-order valence-corrected chi connectivity index (χ4v) is 3.59. The van der Waals surface area contributed by atoms with Gasteiger partial charge in [-0.05, 0) is 12.8 Å². The number of carbonyl (C=O) groups excluding carboxylic acids is 1. The Kier molecular flexibility index (Phi) is 4.14. The van der Waals surface area contributed by atoms with Crippen molar-refractivity contribution in [3.63, 3.8) is 0 Å². The summed E-state index contributed by atoms with van der Waals surface area (Å²) in [6.45, 7) is 6.25. The average molecular weight is 321 g/mol. The van der Waals surface area contributed by atoms with Crippen LogP contribution in [0.3, 0.4) is 0 Å². The molecule has 0 aromatic carbocycles. The van der Waals surface area contributed by atoms with E-state index in [1.807, 2.05) is 13.8 Å². The standard InChI is InChI=1S/C16H23N3O4/c1-10(2)14-17-11(9-23-14)8-19-5-3-16(4-6-19)12(15(21)22)7-13(20)18-16/h9-10,12H,3-8H2,1-2H3,(H,18,20)(H,21,22)/t12-/m0/s1. The van der Waals surface area contributed by atoms with Crippen LogP contribution in [0.4, 0.5) is 0 Å². The highest BCUT2D eigenvalue weighted by molar-refractivity contribution is 5.88. The van der Waals surface area contributed by atoms with Crippen molar-refractivity contribution < 1.29 is 19.1 Å². The zero-order valence-electron chi connectivity index (χ0n) is 13.5. The molecule has 3 rings (SSSR count). The van der Waals surface area contributed by atoms with Crippen LogP contribution in [0.25, 0.3) is 0 Å². The molecule has 0 aliphatic carbocycles. The van der Waals surface area contributed by atoms with Gasteiger partial charge in [0.15, 0.2) is 5.89 Å². The summed E-state index contributed by atoms with van der Waals surface area (Å²) in [6, 6.07) is 0. The minimum Gasteiger partial charge on any atom is -0.481 e. The monoisotopic (exact) mass is 321 g/mol. The molecule has 7 heteroatoms. The number of carboxylic acid groups (broad SMARTS) is 1. The second kappa shape index (κ2) is 5.96. The number of likely N-dealkylation sites (tertiary alicyclic amines) is 1. The van der Waals surface area contributed by atoms with Crippen LogP contribution in [0.1, 0.15) is 50.6 Å². The lowest BCUT2D eigenvalue weighted by atomic mass is 9.78. The molecule has 1 spiro atoms. The lowest BCUT2D eigenvalue weighted by molar-refractivity contribution is -0.144. The number of nitrogens with zero attached hydrogens (tertiary/aromatic N) is 2. The van der Waals surface area contributed by atoms with Gasteiger partial charge in [-0.3, -0.25) is 14.5 Å². The Hall–Kier alpha value is -1.89. The van der Waals surface area contributed by atoms with Gasteiger partial charge in [-0.1, -0.05) is 13.8 Å². The van der Waals surface area contributed by atoms with E-state index in [4.69, 9.17) is 4.42 Å². The Morgan fingerprint density at radius 1 is 1.52 bits per heavy atom. The van der Waals surface area contributed by atoms with E-state index in [2.05, 4.69) is 15.2 Å². The van der Waals surface area contributed by atoms with Gasteiger partial charge in [-0.15, -0.1) is 0 Å². The van der Waals surface area contributed by atoms with Crippen molar-refractivity contribution in [1.82, 2.24) is 15.2 Å². The molecule has 0 saturated carbocycles. The smallest absolute Gasteiger partial charge is 0.309 e. The minimum atomic E-state index is -0.880. The van der Waals surface area contributed by atoms with Crippen molar-refractivity contribution in [3.8, 4) is 0 Å². The first kappa shape index (κ1) is 16.0. The summed E-state index contributed by atoms with van der Waals surface area (Å²) in [5.41, 5.74) is 0.321. The van der Waals surface area contributed by atoms with Crippen molar-refractivity contribution in [3.05, 3.63) is 17.8 Å². The molecule has 2 N–H and O–H groups in total. The highest BCUT2D eigenvalue weighted by atomic mass is 16.4. The maximum atomic E-state index is 11.7. The molecule has 0 radical (unpaired) electrons. The van der Waals surface area contributed by atoms with Crippen LogP contribution in [0.5, 0.6) is 0 Å². The van der Waals surface area contributed by atoms with E-state index >= 15 is 0 Å². The number of rotatable bonds is 4. The Balaban J connectivity index is 1.61. The van der Waals surface area contributed by atoms with E-state index < -0.39 is 17.4 Å². The summed E-state index contributed by atoms with van der Waals surface area (Å²) < 4.78 is 5.45. The quantitative estimate of drug-likeness (QED) is 0.869. The summed E-state index contributed by atoms with van der Waals surface area (Å²) in [6.07, 6.45) is 3.10. The number of hydrogen-bond donors (Lipinski definition) is 2. The Morgan fingerprint density at radius 3 is 2.78 bits per heavy atom. The third-order valence-corrected chi connectivity index (χ3v) is 4.94. The molecule has 2 aliphatic heterocycles. The SMILES string of the molecule is CC(C)c1nc(CN2CCC3(CC2)NC(=O)C[C@H]3C(=O)O)co1. The first-order valence-electron chi connectivity index (χ1n) is 8.10. The second-order valence-electron chi connectivity index (χ2n) is 6.91. The highest BCUT2D eigenvalue weighted by Gasteiger charge is 2.51. The number of aromatic nitrogens is 1. The van der Waals surface area contributed by atoms with Crippen molar-refractivity contribution in [1.29, 1.82) is 0 Å². The lowest BCUT2D eigenvalue weighted by Gasteiger charge is -2.41. The zero-order valence-corrected chi connectivity index (χ0v) is 13.5. The molecule has 7 nitrogen and oxygen atoms in total. The number of carbonyl (C=O) groups is 2. The number of hydrogen-bond acceptors (Lipinski definition) is 5. The van der Waals surface area contributed by atoms with Gasteiger partial charge in [0.1, 0.15) is 6.26 Å². The molecule has 23 heavy (non-hydrogen) atoms. The van der Waals surface area contributed by atoms with E-state index in [0.717, 1.165) is 24.7 Å². The van der Waals surface area contributed by atoms with Crippen LogP contribution in [0.2, 0.25) is 0 Å². The molecule has 1 aromatic heterocycles. The summed E-state index contributed by atoms with van der Waals surface area (Å²) >= 11 is 0. The topological polar surface area (TPSA) is 95.7 Å². The maximum Gasteiger partial charge on any atom is 0.309 e. The number of carboxylic acids is 1. The van der Waals surface area contributed by atoms with Crippen LogP contribution in [0, 0.1) is 5.92 Å². The molecular weight excluding hydrogens is 298 g/mol. The molecule has 2 fully saturated rings. The molecule has 0 unspecified atom stereocenters. The third kappa shape index (κ3) is 3.10. The van der Waals surface area contributed by atoms with Gasteiger partial charge in [-0.2, -0.15) is 0 Å². The fraction of sp³-hybridized carbons (Fsp3) is 0.688. The number of piperidine rings is 1. The lowest BCUT2D eigenvalue weighted by Crippen LogP contribution is -2.55. The number of amides is 1. The Labute approximate surface area is 135 Å². The normalized spacial score (nSPS) is 24.3. The van der Waals surface area contributed by atoms with Gasteiger partial charge in [0.25, 0.3) is 0 Å². The van der Waals surface area contributed by atoms with Crippen LogP contribution in [0.15, 0.2) is 10.7 Å². The summed E-state index contributed by atoms with van der Waals surface area (Å²) in [7, 11) is 0. The predicted octanol–water partition coefficient (Wildman–Crippen LogP) is 1.35. The fourth-order valence-electron chi connectivity index (χ4n) is 3.59. The third-order valence-electron chi connectivity index (χ3n) is 4.94. The molecular formula is C16H23N3O4. The number of nitrogens with one attached hydrogen (secondary N) is 1. The minimum absolute atomic E-state index is 0.0936. The average Bonchev–Trinajstić information content (AvgIpc) is 3.07. The van der Waals surface area contributed by atoms with Crippen LogP contribution < -0.4 is 5.32 Å². The van der Waals surface area contributed by atoms with Crippen molar-refractivity contribution in [2.24, 2.45) is 5.92 Å². The van der Waals surface area contributed by atoms with Gasteiger partial charge in [0.05, 0.1) is 17.2 Å². The van der Waals surface area contributed by atoms with Crippen molar-refractivity contribution in [2.75, 3.05) is 13.1 Å².